The molecule has 0 N–H and O–H groups in total. The lowest BCUT2D eigenvalue weighted by molar-refractivity contribution is 0.194. The van der Waals surface area contributed by atoms with Crippen LogP contribution in [0.3, 0.4) is 0 Å². The monoisotopic (exact) mass is 113 g/mol. The minimum atomic E-state index is 0.759. The molecule has 1 atom stereocenters. The molecule has 1 rings (SSSR count). The Bertz CT molecular complexity index is 70.8. The summed E-state index contributed by atoms with van der Waals surface area (Å²) in [5.41, 5.74) is 0. The first-order valence-corrected chi connectivity index (χ1v) is 3.31. The first kappa shape index (κ1) is 6.09. The van der Waals surface area contributed by atoms with Crippen LogP contribution < -0.4 is 0 Å². The summed E-state index contributed by atoms with van der Waals surface area (Å²) in [4.78, 5) is 0. The fourth-order valence-corrected chi connectivity index (χ4v) is 1.17. The quantitative estimate of drug-likeness (QED) is 0.505. The molecule has 0 amide bonds. The molecule has 1 heterocycles. The van der Waals surface area contributed by atoms with Gasteiger partial charge in [-0.2, -0.15) is 0 Å². The van der Waals surface area contributed by atoms with Crippen molar-refractivity contribution in [3.05, 3.63) is 6.10 Å². The van der Waals surface area contributed by atoms with Crippen LogP contribution in [-0.2, 0) is 4.74 Å². The smallest absolute Gasteiger partial charge is 0.0971 e. The molecule has 47 valence electrons. The summed E-state index contributed by atoms with van der Waals surface area (Å²) in [6.45, 7) is 5.24. The average molecular weight is 113 g/mol. The van der Waals surface area contributed by atoms with Crippen molar-refractivity contribution in [1.29, 1.82) is 0 Å². The molecule has 1 saturated heterocycles. The zero-order valence-corrected chi connectivity index (χ0v) is 5.61. The van der Waals surface area contributed by atoms with E-state index in [1.54, 1.807) is 0 Å². The highest BCUT2D eigenvalue weighted by molar-refractivity contribution is 4.86. The third kappa shape index (κ3) is 1.03. The Morgan fingerprint density at radius 1 is 1.75 bits per heavy atom. The third-order valence-electron chi connectivity index (χ3n) is 1.86. The van der Waals surface area contributed by atoms with E-state index in [1.165, 1.54) is 18.9 Å². The van der Waals surface area contributed by atoms with Crippen molar-refractivity contribution in [2.75, 3.05) is 6.61 Å². The second kappa shape index (κ2) is 2.49. The van der Waals surface area contributed by atoms with Crippen LogP contribution in [0.5, 0.6) is 0 Å². The van der Waals surface area contributed by atoms with Gasteiger partial charge in [0.1, 0.15) is 0 Å². The van der Waals surface area contributed by atoms with Crippen molar-refractivity contribution < 1.29 is 4.74 Å². The summed E-state index contributed by atoms with van der Waals surface area (Å²) in [5, 5.41) is 0. The van der Waals surface area contributed by atoms with Crippen molar-refractivity contribution in [3.8, 4) is 0 Å². The molecule has 0 aliphatic carbocycles. The molecule has 1 unspecified atom stereocenters. The molecular formula is C7H13O. The van der Waals surface area contributed by atoms with Crippen LogP contribution in [0.1, 0.15) is 26.7 Å². The minimum Gasteiger partial charge on any atom is -0.372 e. The Morgan fingerprint density at radius 2 is 2.50 bits per heavy atom. The van der Waals surface area contributed by atoms with Gasteiger partial charge < -0.3 is 4.74 Å². The van der Waals surface area contributed by atoms with Gasteiger partial charge in [0.15, 0.2) is 0 Å². The van der Waals surface area contributed by atoms with Crippen LogP contribution in [0.25, 0.3) is 0 Å². The maximum absolute atomic E-state index is 5.27. The summed E-state index contributed by atoms with van der Waals surface area (Å²) in [7, 11) is 0. The van der Waals surface area contributed by atoms with Gasteiger partial charge in [0.25, 0.3) is 0 Å². The Hall–Kier alpha value is -0.0400. The summed E-state index contributed by atoms with van der Waals surface area (Å²) in [6, 6.07) is 0. The summed E-state index contributed by atoms with van der Waals surface area (Å²) < 4.78 is 5.27. The van der Waals surface area contributed by atoms with E-state index in [0.29, 0.717) is 0 Å². The van der Waals surface area contributed by atoms with Crippen molar-refractivity contribution in [2.24, 2.45) is 5.92 Å². The van der Waals surface area contributed by atoms with Crippen LogP contribution in [0.2, 0.25) is 0 Å². The molecule has 0 saturated carbocycles. The highest BCUT2D eigenvalue weighted by Gasteiger charge is 2.22. The van der Waals surface area contributed by atoms with Gasteiger partial charge in [0.05, 0.1) is 6.10 Å². The standard InChI is InChI=1S/C7H13O/c1-3-7-4-5-8-6(7)2/h7H,3-5H2,1-2H3. The zero-order valence-electron chi connectivity index (χ0n) is 5.61. The fourth-order valence-electron chi connectivity index (χ4n) is 1.17. The predicted molar refractivity (Wildman–Crippen MR) is 33.3 cm³/mol. The highest BCUT2D eigenvalue weighted by atomic mass is 16.5. The lowest BCUT2D eigenvalue weighted by Crippen LogP contribution is -1.99. The Balaban J connectivity index is 2.30. The lowest BCUT2D eigenvalue weighted by Gasteiger charge is -2.07. The SMILES string of the molecule is CCC1CCO[C]1C. The normalized spacial score (nSPS) is 31.5. The topological polar surface area (TPSA) is 9.23 Å². The highest BCUT2D eigenvalue weighted by Crippen LogP contribution is 2.28. The molecule has 1 fully saturated rings. The Labute approximate surface area is 51.0 Å². The molecule has 1 nitrogen and oxygen atoms in total. The van der Waals surface area contributed by atoms with Crippen LogP contribution in [0.4, 0.5) is 0 Å². The van der Waals surface area contributed by atoms with Gasteiger partial charge >= 0.3 is 0 Å². The van der Waals surface area contributed by atoms with E-state index >= 15 is 0 Å². The average Bonchev–Trinajstić information content (AvgIpc) is 2.14. The van der Waals surface area contributed by atoms with Crippen LogP contribution >= 0.6 is 0 Å². The van der Waals surface area contributed by atoms with E-state index in [1.807, 2.05) is 0 Å². The van der Waals surface area contributed by atoms with Gasteiger partial charge in [-0.1, -0.05) is 13.3 Å². The number of hydrogen-bond donors (Lipinski definition) is 0. The third-order valence-corrected chi connectivity index (χ3v) is 1.86. The molecule has 0 aromatic heterocycles. The number of ether oxygens (including phenoxy) is 1. The van der Waals surface area contributed by atoms with Gasteiger partial charge in [-0.05, 0) is 19.3 Å². The molecule has 8 heavy (non-hydrogen) atoms. The molecule has 1 aliphatic rings. The van der Waals surface area contributed by atoms with Gasteiger partial charge in [0, 0.05) is 6.61 Å². The van der Waals surface area contributed by atoms with Crippen LogP contribution in [-0.4, -0.2) is 6.61 Å². The second-order valence-corrected chi connectivity index (χ2v) is 2.35. The van der Waals surface area contributed by atoms with Crippen molar-refractivity contribution in [1.82, 2.24) is 0 Å². The molecule has 0 aromatic carbocycles. The van der Waals surface area contributed by atoms with Gasteiger partial charge in [-0.25, -0.2) is 0 Å². The van der Waals surface area contributed by atoms with E-state index < -0.39 is 0 Å². The fraction of sp³-hybridized carbons (Fsp3) is 0.857. The summed E-state index contributed by atoms with van der Waals surface area (Å²) in [6.07, 6.45) is 3.72. The van der Waals surface area contributed by atoms with Crippen LogP contribution in [0, 0.1) is 12.0 Å². The zero-order chi connectivity index (χ0) is 5.98. The molecule has 1 aliphatic heterocycles. The van der Waals surface area contributed by atoms with Gasteiger partial charge in [0.2, 0.25) is 0 Å². The maximum atomic E-state index is 5.27. The van der Waals surface area contributed by atoms with E-state index in [-0.39, 0.29) is 0 Å². The first-order chi connectivity index (χ1) is 3.84. The summed E-state index contributed by atoms with van der Waals surface area (Å²) >= 11 is 0. The largest absolute Gasteiger partial charge is 0.372 e. The van der Waals surface area contributed by atoms with E-state index in [2.05, 4.69) is 13.8 Å². The molecular weight excluding hydrogens is 100 g/mol. The van der Waals surface area contributed by atoms with Gasteiger partial charge in [-0.3, -0.25) is 0 Å². The van der Waals surface area contributed by atoms with Crippen LogP contribution in [0.15, 0.2) is 0 Å². The molecule has 1 heteroatoms. The van der Waals surface area contributed by atoms with Crippen molar-refractivity contribution in [3.63, 3.8) is 0 Å². The molecule has 0 spiro atoms. The van der Waals surface area contributed by atoms with E-state index in [0.717, 1.165) is 12.5 Å². The van der Waals surface area contributed by atoms with Crippen molar-refractivity contribution in [2.45, 2.75) is 26.7 Å². The molecule has 0 aromatic rings. The minimum absolute atomic E-state index is 0.759. The first-order valence-electron chi connectivity index (χ1n) is 3.31. The number of rotatable bonds is 1. The lowest BCUT2D eigenvalue weighted by atomic mass is 10.0. The molecule has 1 radical (unpaired) electrons. The maximum Gasteiger partial charge on any atom is 0.0971 e. The number of hydrogen-bond acceptors (Lipinski definition) is 1. The summed E-state index contributed by atoms with van der Waals surface area (Å²) in [5.74, 6) is 0.759. The van der Waals surface area contributed by atoms with E-state index in [9.17, 15) is 0 Å². The predicted octanol–water partition coefficient (Wildman–Crippen LogP) is 1.98. The second-order valence-electron chi connectivity index (χ2n) is 2.35. The van der Waals surface area contributed by atoms with Gasteiger partial charge in [-0.15, -0.1) is 0 Å². The Kier molecular flexibility index (Phi) is 1.90. The van der Waals surface area contributed by atoms with Crippen molar-refractivity contribution >= 4 is 0 Å². The van der Waals surface area contributed by atoms with E-state index in [4.69, 9.17) is 4.74 Å². The Morgan fingerprint density at radius 3 is 2.75 bits per heavy atom. The molecule has 0 bridgehead atoms.